The van der Waals surface area contributed by atoms with E-state index in [2.05, 4.69) is 4.98 Å². The average molecular weight is 239 g/mol. The third-order valence-corrected chi connectivity index (χ3v) is 2.87. The topological polar surface area (TPSA) is 32.9 Å². The molecule has 0 saturated heterocycles. The van der Waals surface area contributed by atoms with Crippen LogP contribution in [-0.2, 0) is 0 Å². The zero-order valence-corrected chi connectivity index (χ0v) is 9.48. The number of aromatic nitrogens is 1. The maximum atomic E-state index is 13.2. The van der Waals surface area contributed by atoms with Crippen LogP contribution in [0.2, 0.25) is 0 Å². The molecule has 0 fully saturated rings. The summed E-state index contributed by atoms with van der Waals surface area (Å²) in [5.41, 5.74) is 1.98. The zero-order chi connectivity index (χ0) is 12.5. The van der Waals surface area contributed by atoms with Crippen molar-refractivity contribution in [2.24, 2.45) is 0 Å². The number of nitrogens with one attached hydrogen (secondary N) is 1. The van der Waals surface area contributed by atoms with Crippen LogP contribution in [0.3, 0.4) is 0 Å². The highest BCUT2D eigenvalue weighted by atomic mass is 19.1. The Bertz CT molecular complexity index is 777. The first kappa shape index (κ1) is 10.7. The van der Waals surface area contributed by atoms with E-state index in [0.717, 1.165) is 5.52 Å². The normalized spacial score (nSPS) is 10.7. The quantitative estimate of drug-likeness (QED) is 0.694. The lowest BCUT2D eigenvalue weighted by atomic mass is 10.1. The largest absolute Gasteiger partial charge is 0.354 e. The van der Waals surface area contributed by atoms with Crippen molar-refractivity contribution in [3.05, 3.63) is 70.6 Å². The lowest BCUT2D eigenvalue weighted by Gasteiger charge is -2.04. The van der Waals surface area contributed by atoms with Gasteiger partial charge < -0.3 is 4.98 Å². The Kier molecular flexibility index (Phi) is 2.45. The maximum absolute atomic E-state index is 13.2. The Hall–Kier alpha value is -2.42. The molecule has 0 bridgehead atoms. The number of fused-ring (bicyclic) bond motifs is 1. The minimum atomic E-state index is -0.318. The van der Waals surface area contributed by atoms with E-state index in [1.54, 1.807) is 18.2 Å². The van der Waals surface area contributed by atoms with Crippen LogP contribution < -0.4 is 5.43 Å². The number of para-hydroxylation sites is 1. The number of benzene rings is 2. The Labute approximate surface area is 103 Å². The van der Waals surface area contributed by atoms with Crippen molar-refractivity contribution < 1.29 is 4.39 Å². The van der Waals surface area contributed by atoms with E-state index in [4.69, 9.17) is 0 Å². The molecule has 0 unspecified atom stereocenters. The van der Waals surface area contributed by atoms with Crippen LogP contribution in [0.1, 0.15) is 0 Å². The Morgan fingerprint density at radius 2 is 1.78 bits per heavy atom. The van der Waals surface area contributed by atoms with Crippen LogP contribution in [0.5, 0.6) is 0 Å². The van der Waals surface area contributed by atoms with Gasteiger partial charge in [0, 0.05) is 28.2 Å². The summed E-state index contributed by atoms with van der Waals surface area (Å²) in [6.45, 7) is 0. The van der Waals surface area contributed by atoms with Gasteiger partial charge in [0.2, 0.25) is 0 Å². The molecule has 0 aliphatic heterocycles. The standard InChI is InChI=1S/C15H10FNO/c16-11-5-3-4-10(8-11)14-9-15(18)12-6-1-2-7-13(12)17-14/h1-9H,(H,17,18). The van der Waals surface area contributed by atoms with Gasteiger partial charge in [0.05, 0.1) is 0 Å². The first-order valence-corrected chi connectivity index (χ1v) is 5.62. The van der Waals surface area contributed by atoms with E-state index in [1.165, 1.54) is 18.2 Å². The van der Waals surface area contributed by atoms with Crippen molar-refractivity contribution in [2.75, 3.05) is 0 Å². The number of aromatic amines is 1. The van der Waals surface area contributed by atoms with Gasteiger partial charge in [-0.2, -0.15) is 0 Å². The summed E-state index contributed by atoms with van der Waals surface area (Å²) in [5, 5.41) is 0.637. The molecule has 0 aliphatic rings. The van der Waals surface area contributed by atoms with Crippen LogP contribution in [0.4, 0.5) is 4.39 Å². The summed E-state index contributed by atoms with van der Waals surface area (Å²) in [6, 6.07) is 14.9. The highest BCUT2D eigenvalue weighted by Gasteiger charge is 2.04. The van der Waals surface area contributed by atoms with Gasteiger partial charge in [-0.05, 0) is 24.3 Å². The Morgan fingerprint density at radius 3 is 2.61 bits per heavy atom. The van der Waals surface area contributed by atoms with E-state index in [-0.39, 0.29) is 11.2 Å². The molecule has 0 spiro atoms. The van der Waals surface area contributed by atoms with Gasteiger partial charge in [-0.15, -0.1) is 0 Å². The molecular formula is C15H10FNO. The lowest BCUT2D eigenvalue weighted by Crippen LogP contribution is -2.02. The van der Waals surface area contributed by atoms with Crippen LogP contribution in [0.15, 0.2) is 59.4 Å². The number of rotatable bonds is 1. The Balaban J connectivity index is 2.28. The first-order valence-electron chi connectivity index (χ1n) is 5.62. The van der Waals surface area contributed by atoms with Crippen molar-refractivity contribution in [3.8, 4) is 11.3 Å². The third-order valence-electron chi connectivity index (χ3n) is 2.87. The van der Waals surface area contributed by atoms with E-state index in [1.807, 2.05) is 18.2 Å². The summed E-state index contributed by atoms with van der Waals surface area (Å²) < 4.78 is 13.2. The molecule has 1 aromatic heterocycles. The predicted molar refractivity (Wildman–Crippen MR) is 70.0 cm³/mol. The molecule has 1 heterocycles. The lowest BCUT2D eigenvalue weighted by molar-refractivity contribution is 0.628. The fourth-order valence-corrected chi connectivity index (χ4v) is 2.01. The molecule has 2 aromatic carbocycles. The van der Waals surface area contributed by atoms with Crippen LogP contribution in [0.25, 0.3) is 22.2 Å². The second-order valence-electron chi connectivity index (χ2n) is 4.10. The third kappa shape index (κ3) is 1.80. The molecule has 18 heavy (non-hydrogen) atoms. The molecule has 3 heteroatoms. The van der Waals surface area contributed by atoms with Gasteiger partial charge in [-0.1, -0.05) is 24.3 Å². The monoisotopic (exact) mass is 239 g/mol. The molecule has 0 saturated carbocycles. The molecule has 1 N–H and O–H groups in total. The molecule has 0 amide bonds. The SMILES string of the molecule is O=c1cc(-c2cccc(F)c2)[nH]c2ccccc12. The van der Waals surface area contributed by atoms with Crippen molar-refractivity contribution >= 4 is 10.9 Å². The van der Waals surface area contributed by atoms with Gasteiger partial charge in [-0.25, -0.2) is 4.39 Å². The minimum absolute atomic E-state index is 0.0661. The van der Waals surface area contributed by atoms with E-state index in [0.29, 0.717) is 16.6 Å². The molecule has 88 valence electrons. The van der Waals surface area contributed by atoms with E-state index >= 15 is 0 Å². The smallest absolute Gasteiger partial charge is 0.190 e. The molecule has 0 atom stereocenters. The first-order chi connectivity index (χ1) is 8.74. The van der Waals surface area contributed by atoms with Crippen molar-refractivity contribution in [1.29, 1.82) is 0 Å². The van der Waals surface area contributed by atoms with Crippen molar-refractivity contribution in [3.63, 3.8) is 0 Å². The zero-order valence-electron chi connectivity index (χ0n) is 9.48. The van der Waals surface area contributed by atoms with Crippen LogP contribution in [0, 0.1) is 5.82 Å². The number of pyridine rings is 1. The molecule has 2 nitrogen and oxygen atoms in total. The van der Waals surface area contributed by atoms with Gasteiger partial charge in [-0.3, -0.25) is 4.79 Å². The predicted octanol–water partition coefficient (Wildman–Crippen LogP) is 3.33. The molecule has 3 rings (SSSR count). The van der Waals surface area contributed by atoms with Gasteiger partial charge in [0.15, 0.2) is 5.43 Å². The number of H-pyrrole nitrogens is 1. The molecule has 0 radical (unpaired) electrons. The van der Waals surface area contributed by atoms with Gasteiger partial charge in [0.1, 0.15) is 5.82 Å². The molecular weight excluding hydrogens is 229 g/mol. The maximum Gasteiger partial charge on any atom is 0.190 e. The van der Waals surface area contributed by atoms with Gasteiger partial charge in [0.25, 0.3) is 0 Å². The van der Waals surface area contributed by atoms with Crippen LogP contribution in [-0.4, -0.2) is 4.98 Å². The summed E-state index contributed by atoms with van der Waals surface area (Å²) in [4.78, 5) is 15.1. The summed E-state index contributed by atoms with van der Waals surface area (Å²) in [7, 11) is 0. The highest BCUT2D eigenvalue weighted by Crippen LogP contribution is 2.18. The second kappa shape index (κ2) is 4.11. The number of hydrogen-bond donors (Lipinski definition) is 1. The average Bonchev–Trinajstić information content (AvgIpc) is 2.39. The number of hydrogen-bond acceptors (Lipinski definition) is 1. The minimum Gasteiger partial charge on any atom is -0.354 e. The van der Waals surface area contributed by atoms with Gasteiger partial charge >= 0.3 is 0 Å². The summed E-state index contributed by atoms with van der Waals surface area (Å²) in [6.07, 6.45) is 0. The highest BCUT2D eigenvalue weighted by molar-refractivity contribution is 5.81. The van der Waals surface area contributed by atoms with Crippen LogP contribution >= 0.6 is 0 Å². The molecule has 3 aromatic rings. The van der Waals surface area contributed by atoms with E-state index < -0.39 is 0 Å². The summed E-state index contributed by atoms with van der Waals surface area (Å²) in [5.74, 6) is -0.318. The summed E-state index contributed by atoms with van der Waals surface area (Å²) >= 11 is 0. The second-order valence-corrected chi connectivity index (χ2v) is 4.10. The number of halogens is 1. The fraction of sp³-hybridized carbons (Fsp3) is 0. The fourth-order valence-electron chi connectivity index (χ4n) is 2.01. The Morgan fingerprint density at radius 1 is 0.944 bits per heavy atom. The molecule has 0 aliphatic carbocycles. The van der Waals surface area contributed by atoms with Crippen molar-refractivity contribution in [2.45, 2.75) is 0 Å². The van der Waals surface area contributed by atoms with Crippen molar-refractivity contribution in [1.82, 2.24) is 4.98 Å². The van der Waals surface area contributed by atoms with E-state index in [9.17, 15) is 9.18 Å².